The molecule has 4 rings (SSSR count). The van der Waals surface area contributed by atoms with Crippen molar-refractivity contribution in [2.75, 3.05) is 13.2 Å². The van der Waals surface area contributed by atoms with Gasteiger partial charge in [0.1, 0.15) is 17.9 Å². The maximum absolute atomic E-state index is 5.73. The highest BCUT2D eigenvalue weighted by Crippen LogP contribution is 2.25. The van der Waals surface area contributed by atoms with Crippen molar-refractivity contribution in [1.82, 2.24) is 19.9 Å². The van der Waals surface area contributed by atoms with Crippen LogP contribution in [0, 0.1) is 0 Å². The molecule has 0 aromatic carbocycles. The quantitative estimate of drug-likeness (QED) is 0.941. The summed E-state index contributed by atoms with van der Waals surface area (Å²) in [6.45, 7) is 2.28. The van der Waals surface area contributed by atoms with Gasteiger partial charge < -0.3 is 14.6 Å². The van der Waals surface area contributed by atoms with Gasteiger partial charge in [-0.05, 0) is 25.0 Å². The van der Waals surface area contributed by atoms with Gasteiger partial charge >= 0.3 is 0 Å². The number of imidazole rings is 1. The lowest BCUT2D eigenvalue weighted by Gasteiger charge is -2.29. The van der Waals surface area contributed by atoms with Crippen molar-refractivity contribution in [3.05, 3.63) is 24.2 Å². The first-order valence-corrected chi connectivity index (χ1v) is 8.05. The van der Waals surface area contributed by atoms with Gasteiger partial charge in [-0.25, -0.2) is 9.97 Å². The van der Waals surface area contributed by atoms with E-state index in [1.54, 1.807) is 0 Å². The van der Waals surface area contributed by atoms with Gasteiger partial charge in [-0.3, -0.25) is 0 Å². The van der Waals surface area contributed by atoms with Crippen molar-refractivity contribution in [3.63, 3.8) is 0 Å². The van der Waals surface area contributed by atoms with E-state index in [0.29, 0.717) is 18.7 Å². The molecule has 0 amide bonds. The Morgan fingerprint density at radius 3 is 3.10 bits per heavy atom. The molecule has 2 aliphatic rings. The third kappa shape index (κ3) is 2.56. The first-order chi connectivity index (χ1) is 10.4. The highest BCUT2D eigenvalue weighted by atomic mass is 16.5. The molecule has 21 heavy (non-hydrogen) atoms. The molecule has 1 N–H and O–H groups in total. The molecular weight excluding hydrogens is 264 g/mol. The Balaban J connectivity index is 1.55. The monoisotopic (exact) mass is 286 g/mol. The van der Waals surface area contributed by atoms with E-state index >= 15 is 0 Å². The predicted octanol–water partition coefficient (Wildman–Crippen LogP) is 2.42. The molecule has 0 spiro atoms. The van der Waals surface area contributed by atoms with Crippen molar-refractivity contribution in [1.29, 1.82) is 0 Å². The number of hydrogen-bond donors (Lipinski definition) is 1. The number of nitrogens with zero attached hydrogens (tertiary/aromatic N) is 3. The highest BCUT2D eigenvalue weighted by molar-refractivity contribution is 5.71. The summed E-state index contributed by atoms with van der Waals surface area (Å²) in [4.78, 5) is 9.16. The molecule has 0 radical (unpaired) electrons. The molecule has 0 saturated heterocycles. The van der Waals surface area contributed by atoms with Gasteiger partial charge in [0.15, 0.2) is 5.65 Å². The van der Waals surface area contributed by atoms with Gasteiger partial charge in [0.2, 0.25) is 0 Å². The van der Waals surface area contributed by atoms with Crippen molar-refractivity contribution in [2.45, 2.75) is 50.8 Å². The first-order valence-electron chi connectivity index (χ1n) is 8.05. The largest absolute Gasteiger partial charge is 0.371 e. The minimum Gasteiger partial charge on any atom is -0.371 e. The summed E-state index contributed by atoms with van der Waals surface area (Å²) in [6, 6.07) is 4.94. The number of ether oxygens (including phenoxy) is 1. The minimum absolute atomic E-state index is 0.301. The molecule has 2 aromatic heterocycles. The number of hydrogen-bond acceptors (Lipinski definition) is 4. The molecule has 112 valence electrons. The lowest BCUT2D eigenvalue weighted by molar-refractivity contribution is 0.0549. The summed E-state index contributed by atoms with van der Waals surface area (Å²) in [7, 11) is 0. The Hall–Kier alpha value is -1.46. The average Bonchev–Trinajstić information content (AvgIpc) is 2.93. The van der Waals surface area contributed by atoms with Crippen molar-refractivity contribution >= 4 is 11.2 Å². The van der Waals surface area contributed by atoms with Gasteiger partial charge in [0, 0.05) is 18.8 Å². The van der Waals surface area contributed by atoms with Gasteiger partial charge in [0.05, 0.1) is 12.6 Å². The molecule has 1 aliphatic carbocycles. The third-order valence-electron chi connectivity index (χ3n) is 4.68. The topological polar surface area (TPSA) is 52.0 Å². The summed E-state index contributed by atoms with van der Waals surface area (Å²) >= 11 is 0. The van der Waals surface area contributed by atoms with Crippen LogP contribution < -0.4 is 5.32 Å². The van der Waals surface area contributed by atoms with Crippen LogP contribution in [-0.4, -0.2) is 33.7 Å². The standard InChI is InChI=1S/C16H22N4O/c1-2-5-12(6-3-1)18-9-13-10-21-11-15-19-14-7-4-8-17-16(14)20(13)15/h4,7-8,12-13,18H,1-3,5-6,9-11H2. The fourth-order valence-corrected chi connectivity index (χ4v) is 3.58. The second-order valence-electron chi connectivity index (χ2n) is 6.16. The molecule has 1 aliphatic heterocycles. The second-order valence-corrected chi connectivity index (χ2v) is 6.16. The first kappa shape index (κ1) is 13.2. The summed E-state index contributed by atoms with van der Waals surface area (Å²) < 4.78 is 8.00. The van der Waals surface area contributed by atoms with Crippen LogP contribution in [0.15, 0.2) is 18.3 Å². The number of aromatic nitrogens is 3. The fraction of sp³-hybridized carbons (Fsp3) is 0.625. The molecule has 1 unspecified atom stereocenters. The van der Waals surface area contributed by atoms with Crippen molar-refractivity contribution in [3.8, 4) is 0 Å². The van der Waals surface area contributed by atoms with E-state index in [9.17, 15) is 0 Å². The zero-order chi connectivity index (χ0) is 14.1. The predicted molar refractivity (Wildman–Crippen MR) is 81.1 cm³/mol. The fourth-order valence-electron chi connectivity index (χ4n) is 3.58. The molecular formula is C16H22N4O. The molecule has 0 bridgehead atoms. The van der Waals surface area contributed by atoms with E-state index in [2.05, 4.69) is 19.9 Å². The van der Waals surface area contributed by atoms with Crippen LogP contribution in [0.5, 0.6) is 0 Å². The number of nitrogens with one attached hydrogen (secondary N) is 1. The maximum atomic E-state index is 5.73. The van der Waals surface area contributed by atoms with Crippen LogP contribution >= 0.6 is 0 Å². The highest BCUT2D eigenvalue weighted by Gasteiger charge is 2.25. The van der Waals surface area contributed by atoms with Crippen LogP contribution in [0.25, 0.3) is 11.2 Å². The SMILES string of the molecule is c1cnc2c(c1)nc1n2C(CNC2CCCCC2)COC1. The molecule has 5 heteroatoms. The molecule has 1 atom stereocenters. The number of rotatable bonds is 3. The van der Waals surface area contributed by atoms with E-state index in [0.717, 1.165) is 30.1 Å². The number of fused-ring (bicyclic) bond motifs is 3. The van der Waals surface area contributed by atoms with E-state index in [1.165, 1.54) is 32.1 Å². The average molecular weight is 286 g/mol. The summed E-state index contributed by atoms with van der Waals surface area (Å²) in [5, 5.41) is 3.73. The zero-order valence-electron chi connectivity index (χ0n) is 12.3. The van der Waals surface area contributed by atoms with Crippen LogP contribution in [0.3, 0.4) is 0 Å². The van der Waals surface area contributed by atoms with Crippen LogP contribution in [0.4, 0.5) is 0 Å². The lowest BCUT2D eigenvalue weighted by Crippen LogP contribution is -2.38. The Labute approximate surface area is 124 Å². The summed E-state index contributed by atoms with van der Waals surface area (Å²) in [6.07, 6.45) is 8.58. The minimum atomic E-state index is 0.301. The summed E-state index contributed by atoms with van der Waals surface area (Å²) in [5.74, 6) is 1.00. The van der Waals surface area contributed by atoms with Crippen LogP contribution in [-0.2, 0) is 11.3 Å². The van der Waals surface area contributed by atoms with Gasteiger partial charge in [0.25, 0.3) is 0 Å². The normalized spacial score (nSPS) is 23.3. The Bertz CT molecular complexity index is 618. The van der Waals surface area contributed by atoms with E-state index < -0.39 is 0 Å². The number of pyridine rings is 1. The van der Waals surface area contributed by atoms with Crippen molar-refractivity contribution < 1.29 is 4.74 Å². The molecule has 1 fully saturated rings. The van der Waals surface area contributed by atoms with Gasteiger partial charge in [-0.15, -0.1) is 0 Å². The van der Waals surface area contributed by atoms with Crippen molar-refractivity contribution in [2.24, 2.45) is 0 Å². The van der Waals surface area contributed by atoms with Crippen LogP contribution in [0.1, 0.15) is 44.0 Å². The zero-order valence-corrected chi connectivity index (χ0v) is 12.3. The van der Waals surface area contributed by atoms with Gasteiger partial charge in [-0.2, -0.15) is 0 Å². The third-order valence-corrected chi connectivity index (χ3v) is 4.68. The molecule has 5 nitrogen and oxygen atoms in total. The molecule has 1 saturated carbocycles. The van der Waals surface area contributed by atoms with Gasteiger partial charge in [-0.1, -0.05) is 19.3 Å². The van der Waals surface area contributed by atoms with Crippen LogP contribution in [0.2, 0.25) is 0 Å². The van der Waals surface area contributed by atoms with E-state index in [-0.39, 0.29) is 0 Å². The Kier molecular flexibility index (Phi) is 3.61. The molecule has 2 aromatic rings. The molecule has 3 heterocycles. The smallest absolute Gasteiger partial charge is 0.160 e. The van der Waals surface area contributed by atoms with E-state index in [1.807, 2.05) is 18.3 Å². The Morgan fingerprint density at radius 2 is 2.19 bits per heavy atom. The Morgan fingerprint density at radius 1 is 1.29 bits per heavy atom. The maximum Gasteiger partial charge on any atom is 0.160 e. The van der Waals surface area contributed by atoms with E-state index in [4.69, 9.17) is 4.74 Å². The second kappa shape index (κ2) is 5.73. The lowest BCUT2D eigenvalue weighted by atomic mass is 9.95. The summed E-state index contributed by atoms with van der Waals surface area (Å²) in [5.41, 5.74) is 1.96.